The highest BCUT2D eigenvalue weighted by atomic mass is 19.1. The van der Waals surface area contributed by atoms with Crippen LogP contribution < -0.4 is 5.32 Å². The molecule has 1 nitrogen and oxygen atoms in total. The maximum atomic E-state index is 13.4. The van der Waals surface area contributed by atoms with Crippen LogP contribution in [-0.2, 0) is 0 Å². The molecule has 1 aliphatic rings. The fourth-order valence-corrected chi connectivity index (χ4v) is 2.74. The Labute approximate surface area is 103 Å². The Morgan fingerprint density at radius 3 is 2.76 bits per heavy atom. The van der Waals surface area contributed by atoms with Crippen LogP contribution >= 0.6 is 0 Å². The van der Waals surface area contributed by atoms with Gasteiger partial charge in [-0.3, -0.25) is 0 Å². The van der Waals surface area contributed by atoms with Gasteiger partial charge in [-0.05, 0) is 49.3 Å². The molecule has 1 atom stereocenters. The van der Waals surface area contributed by atoms with E-state index >= 15 is 0 Å². The summed E-state index contributed by atoms with van der Waals surface area (Å²) >= 11 is 0. The minimum atomic E-state index is -0.120. The Kier molecular flexibility index (Phi) is 3.41. The van der Waals surface area contributed by atoms with Crippen molar-refractivity contribution in [3.8, 4) is 0 Å². The first-order valence-corrected chi connectivity index (χ1v) is 6.49. The van der Waals surface area contributed by atoms with Crippen LogP contribution in [0.15, 0.2) is 18.2 Å². The molecule has 0 aromatic heterocycles. The lowest BCUT2D eigenvalue weighted by Gasteiger charge is -2.36. The fraction of sp³-hybridized carbons (Fsp3) is 0.600. The SMILES string of the molecule is Cc1ccc(NC2CCCC(C)(C)C2)cc1F. The molecule has 0 heterocycles. The van der Waals surface area contributed by atoms with Crippen molar-refractivity contribution in [2.75, 3.05) is 5.32 Å². The summed E-state index contributed by atoms with van der Waals surface area (Å²) in [4.78, 5) is 0. The highest BCUT2D eigenvalue weighted by molar-refractivity contribution is 5.46. The molecule has 1 unspecified atom stereocenters. The topological polar surface area (TPSA) is 12.0 Å². The van der Waals surface area contributed by atoms with E-state index in [1.165, 1.54) is 25.7 Å². The molecule has 2 heteroatoms. The Balaban J connectivity index is 2.03. The van der Waals surface area contributed by atoms with Crippen LogP contribution in [0.1, 0.15) is 45.1 Å². The van der Waals surface area contributed by atoms with Gasteiger partial charge in [0, 0.05) is 11.7 Å². The standard InChI is InChI=1S/C15H22FN/c1-11-6-7-12(9-14(11)16)17-13-5-4-8-15(2,3)10-13/h6-7,9,13,17H,4-5,8,10H2,1-3H3. The molecule has 0 amide bonds. The van der Waals surface area contributed by atoms with Crippen LogP contribution in [0, 0.1) is 18.2 Å². The molecule has 1 aromatic carbocycles. The first kappa shape index (κ1) is 12.4. The zero-order chi connectivity index (χ0) is 12.5. The van der Waals surface area contributed by atoms with Crippen molar-refractivity contribution in [2.24, 2.45) is 5.41 Å². The smallest absolute Gasteiger partial charge is 0.128 e. The quantitative estimate of drug-likeness (QED) is 0.795. The molecule has 1 aliphatic carbocycles. The van der Waals surface area contributed by atoms with E-state index in [0.29, 0.717) is 17.0 Å². The molecular weight excluding hydrogens is 213 g/mol. The molecule has 0 radical (unpaired) electrons. The highest BCUT2D eigenvalue weighted by Crippen LogP contribution is 2.36. The van der Waals surface area contributed by atoms with E-state index in [1.807, 2.05) is 12.1 Å². The van der Waals surface area contributed by atoms with Gasteiger partial charge in [-0.25, -0.2) is 4.39 Å². The van der Waals surface area contributed by atoms with Crippen molar-refractivity contribution in [3.63, 3.8) is 0 Å². The number of halogens is 1. The molecule has 2 rings (SSSR count). The minimum Gasteiger partial charge on any atom is -0.382 e. The summed E-state index contributed by atoms with van der Waals surface area (Å²) in [6, 6.07) is 5.91. The van der Waals surface area contributed by atoms with Crippen LogP contribution in [0.5, 0.6) is 0 Å². The van der Waals surface area contributed by atoms with Gasteiger partial charge in [0.2, 0.25) is 0 Å². The van der Waals surface area contributed by atoms with Crippen molar-refractivity contribution < 1.29 is 4.39 Å². The molecule has 0 bridgehead atoms. The molecule has 1 N–H and O–H groups in total. The van der Waals surface area contributed by atoms with Gasteiger partial charge in [-0.1, -0.05) is 26.3 Å². The van der Waals surface area contributed by atoms with Crippen LogP contribution in [0.25, 0.3) is 0 Å². The molecule has 17 heavy (non-hydrogen) atoms. The van der Waals surface area contributed by atoms with Gasteiger partial charge >= 0.3 is 0 Å². The number of hydrogen-bond acceptors (Lipinski definition) is 1. The molecular formula is C15H22FN. The average molecular weight is 235 g/mol. The monoisotopic (exact) mass is 235 g/mol. The van der Waals surface area contributed by atoms with Crippen molar-refractivity contribution in [1.29, 1.82) is 0 Å². The first-order valence-electron chi connectivity index (χ1n) is 6.49. The fourth-order valence-electron chi connectivity index (χ4n) is 2.74. The van der Waals surface area contributed by atoms with E-state index in [2.05, 4.69) is 19.2 Å². The lowest BCUT2D eigenvalue weighted by atomic mass is 9.75. The number of hydrogen-bond donors (Lipinski definition) is 1. The van der Waals surface area contributed by atoms with Gasteiger partial charge in [0.25, 0.3) is 0 Å². The number of anilines is 1. The Hall–Kier alpha value is -1.05. The van der Waals surface area contributed by atoms with Gasteiger partial charge in [0.05, 0.1) is 0 Å². The van der Waals surface area contributed by atoms with E-state index in [4.69, 9.17) is 0 Å². The molecule has 0 aliphatic heterocycles. The molecule has 1 aromatic rings. The number of rotatable bonds is 2. The maximum Gasteiger partial charge on any atom is 0.128 e. The largest absolute Gasteiger partial charge is 0.382 e. The van der Waals surface area contributed by atoms with E-state index in [0.717, 1.165) is 5.69 Å². The number of benzene rings is 1. The number of nitrogens with one attached hydrogen (secondary N) is 1. The minimum absolute atomic E-state index is 0.120. The second-order valence-electron chi connectivity index (χ2n) is 6.07. The molecule has 1 saturated carbocycles. The summed E-state index contributed by atoms with van der Waals surface area (Å²) in [6.45, 7) is 6.43. The normalized spacial score (nSPS) is 23.4. The predicted octanol–water partition coefficient (Wildman–Crippen LogP) is 4.51. The van der Waals surface area contributed by atoms with Crippen LogP contribution in [0.4, 0.5) is 10.1 Å². The number of aryl methyl sites for hydroxylation is 1. The van der Waals surface area contributed by atoms with Crippen LogP contribution in [-0.4, -0.2) is 6.04 Å². The van der Waals surface area contributed by atoms with Gasteiger partial charge in [0.15, 0.2) is 0 Å². The summed E-state index contributed by atoms with van der Waals surface area (Å²) in [7, 11) is 0. The predicted molar refractivity (Wildman–Crippen MR) is 70.8 cm³/mol. The van der Waals surface area contributed by atoms with Crippen LogP contribution in [0.2, 0.25) is 0 Å². The zero-order valence-corrected chi connectivity index (χ0v) is 11.0. The molecule has 94 valence electrons. The third-order valence-electron chi connectivity index (χ3n) is 3.75. The summed E-state index contributed by atoms with van der Waals surface area (Å²) in [6.07, 6.45) is 4.92. The van der Waals surface area contributed by atoms with Crippen molar-refractivity contribution >= 4 is 5.69 Å². The summed E-state index contributed by atoms with van der Waals surface area (Å²) in [5.41, 5.74) is 2.04. The molecule has 0 saturated heterocycles. The van der Waals surface area contributed by atoms with Crippen molar-refractivity contribution in [1.82, 2.24) is 0 Å². The summed E-state index contributed by atoms with van der Waals surface area (Å²) in [5, 5.41) is 3.46. The van der Waals surface area contributed by atoms with E-state index in [9.17, 15) is 4.39 Å². The van der Waals surface area contributed by atoms with Crippen molar-refractivity contribution in [2.45, 2.75) is 52.5 Å². The Morgan fingerprint density at radius 1 is 1.35 bits per heavy atom. The van der Waals surface area contributed by atoms with E-state index in [-0.39, 0.29) is 5.82 Å². The van der Waals surface area contributed by atoms with Gasteiger partial charge in [0.1, 0.15) is 5.82 Å². The van der Waals surface area contributed by atoms with Gasteiger partial charge < -0.3 is 5.32 Å². The third-order valence-corrected chi connectivity index (χ3v) is 3.75. The van der Waals surface area contributed by atoms with Crippen LogP contribution in [0.3, 0.4) is 0 Å². The molecule has 1 fully saturated rings. The van der Waals surface area contributed by atoms with Gasteiger partial charge in [-0.2, -0.15) is 0 Å². The Morgan fingerprint density at radius 2 is 2.12 bits per heavy atom. The first-order chi connectivity index (χ1) is 7.96. The van der Waals surface area contributed by atoms with Gasteiger partial charge in [-0.15, -0.1) is 0 Å². The molecule has 0 spiro atoms. The lowest BCUT2D eigenvalue weighted by molar-refractivity contribution is 0.229. The maximum absolute atomic E-state index is 13.4. The Bertz CT molecular complexity index is 398. The van der Waals surface area contributed by atoms with Crippen molar-refractivity contribution in [3.05, 3.63) is 29.6 Å². The van der Waals surface area contributed by atoms with E-state index < -0.39 is 0 Å². The summed E-state index contributed by atoms with van der Waals surface area (Å²) in [5.74, 6) is -0.120. The second-order valence-corrected chi connectivity index (χ2v) is 6.07. The van der Waals surface area contributed by atoms with E-state index in [1.54, 1.807) is 13.0 Å². The summed E-state index contributed by atoms with van der Waals surface area (Å²) < 4.78 is 13.4. The highest BCUT2D eigenvalue weighted by Gasteiger charge is 2.27. The second kappa shape index (κ2) is 4.67. The average Bonchev–Trinajstić information content (AvgIpc) is 2.22. The third kappa shape index (κ3) is 3.21. The zero-order valence-electron chi connectivity index (χ0n) is 11.0. The lowest BCUT2D eigenvalue weighted by Crippen LogP contribution is -2.31.